The second-order valence-corrected chi connectivity index (χ2v) is 5.19. The van der Waals surface area contributed by atoms with Crippen molar-refractivity contribution in [2.75, 3.05) is 44.7 Å². The lowest BCUT2D eigenvalue weighted by Gasteiger charge is -2.34. The third-order valence-electron chi connectivity index (χ3n) is 3.83. The molecule has 1 fully saturated rings. The molecule has 0 bridgehead atoms. The molecule has 2 heterocycles. The molecule has 22 heavy (non-hydrogen) atoms. The van der Waals surface area contributed by atoms with E-state index in [-0.39, 0.29) is 23.1 Å². The van der Waals surface area contributed by atoms with Crippen LogP contribution in [0.15, 0.2) is 0 Å². The van der Waals surface area contributed by atoms with Gasteiger partial charge in [-0.25, -0.2) is 4.68 Å². The molecule has 1 aliphatic rings. The Bertz CT molecular complexity index is 563. The zero-order valence-corrected chi connectivity index (χ0v) is 13.1. The molecular weight excluding hydrogens is 290 g/mol. The first kappa shape index (κ1) is 16.2. The molecule has 0 amide bonds. The number of hydrogen-bond acceptors (Lipinski definition) is 7. The van der Waals surface area contributed by atoms with Crippen molar-refractivity contribution in [2.45, 2.75) is 13.3 Å². The molecule has 0 atom stereocenters. The maximum absolute atomic E-state index is 11.4. The van der Waals surface area contributed by atoms with Crippen molar-refractivity contribution in [1.29, 1.82) is 0 Å². The number of piperazine rings is 1. The highest BCUT2D eigenvalue weighted by Crippen LogP contribution is 2.32. The Labute approximate surface area is 128 Å². The van der Waals surface area contributed by atoms with Gasteiger partial charge in [0, 0.05) is 33.2 Å². The molecule has 1 aromatic heterocycles. The molecule has 122 valence electrons. The van der Waals surface area contributed by atoms with Crippen LogP contribution in [-0.2, 0) is 23.0 Å². The molecule has 1 aliphatic heterocycles. The third-order valence-corrected chi connectivity index (χ3v) is 3.83. The lowest BCUT2D eigenvalue weighted by atomic mass is 10.2. The highest BCUT2D eigenvalue weighted by atomic mass is 16.6. The molecule has 0 N–H and O–H groups in total. The summed E-state index contributed by atoms with van der Waals surface area (Å²) in [7, 11) is 3.09. The minimum atomic E-state index is -0.359. The van der Waals surface area contributed by atoms with Crippen molar-refractivity contribution in [3.63, 3.8) is 0 Å². The molecule has 0 saturated carbocycles. The van der Waals surface area contributed by atoms with Gasteiger partial charge in [-0.15, -0.1) is 0 Å². The van der Waals surface area contributed by atoms with Crippen LogP contribution in [0.1, 0.15) is 12.6 Å². The van der Waals surface area contributed by atoms with Crippen molar-refractivity contribution >= 4 is 17.5 Å². The van der Waals surface area contributed by atoms with Gasteiger partial charge in [0.05, 0.1) is 18.6 Å². The summed E-state index contributed by atoms with van der Waals surface area (Å²) in [5.41, 5.74) is 0.589. The summed E-state index contributed by atoms with van der Waals surface area (Å²) in [6.45, 7) is 4.63. The molecular formula is C13H21N5O4. The number of rotatable bonds is 5. The van der Waals surface area contributed by atoms with Gasteiger partial charge in [-0.05, 0) is 6.42 Å². The van der Waals surface area contributed by atoms with E-state index in [4.69, 9.17) is 0 Å². The average Bonchev–Trinajstić information content (AvgIpc) is 2.84. The van der Waals surface area contributed by atoms with Crippen molar-refractivity contribution in [2.24, 2.45) is 7.05 Å². The van der Waals surface area contributed by atoms with Crippen LogP contribution in [0.25, 0.3) is 0 Å². The number of anilines is 1. The first-order valence-corrected chi connectivity index (χ1v) is 7.22. The third kappa shape index (κ3) is 3.19. The first-order valence-electron chi connectivity index (χ1n) is 7.22. The minimum Gasteiger partial charge on any atom is -0.468 e. The van der Waals surface area contributed by atoms with Crippen LogP contribution in [0, 0.1) is 10.1 Å². The van der Waals surface area contributed by atoms with E-state index >= 15 is 0 Å². The fourth-order valence-electron chi connectivity index (χ4n) is 2.70. The Morgan fingerprint density at radius 2 is 2.00 bits per heavy atom. The zero-order valence-electron chi connectivity index (χ0n) is 13.1. The van der Waals surface area contributed by atoms with E-state index in [0.717, 1.165) is 0 Å². The fourth-order valence-corrected chi connectivity index (χ4v) is 2.70. The molecule has 0 aromatic carbocycles. The standard InChI is InChI=1S/C13H21N5O4/c1-4-10-12(18(20)21)13(15(2)14-10)17-7-5-16(6-8-17)9-11(19)22-3/h4-9H2,1-3H3. The Morgan fingerprint density at radius 1 is 1.36 bits per heavy atom. The van der Waals surface area contributed by atoms with Gasteiger partial charge in [0.2, 0.25) is 5.82 Å². The van der Waals surface area contributed by atoms with Crippen LogP contribution >= 0.6 is 0 Å². The molecule has 1 saturated heterocycles. The van der Waals surface area contributed by atoms with Gasteiger partial charge in [-0.2, -0.15) is 5.10 Å². The maximum Gasteiger partial charge on any atom is 0.334 e. The Hall–Kier alpha value is -2.16. The van der Waals surface area contributed by atoms with Crippen LogP contribution in [0.2, 0.25) is 0 Å². The number of carbonyl (C=O) groups is 1. The van der Waals surface area contributed by atoms with Crippen molar-refractivity contribution in [1.82, 2.24) is 14.7 Å². The molecule has 9 nitrogen and oxygen atoms in total. The van der Waals surface area contributed by atoms with E-state index in [1.807, 2.05) is 16.7 Å². The summed E-state index contributed by atoms with van der Waals surface area (Å²) in [4.78, 5) is 26.2. The number of ether oxygens (including phenoxy) is 1. The van der Waals surface area contributed by atoms with E-state index in [2.05, 4.69) is 9.84 Å². The predicted molar refractivity (Wildman–Crippen MR) is 79.9 cm³/mol. The lowest BCUT2D eigenvalue weighted by molar-refractivity contribution is -0.384. The molecule has 2 rings (SSSR count). The predicted octanol–water partition coefficient (Wildman–Crippen LogP) is 0.186. The SMILES string of the molecule is CCc1nn(C)c(N2CCN(CC(=O)OC)CC2)c1[N+](=O)[O-]. The lowest BCUT2D eigenvalue weighted by Crippen LogP contribution is -2.48. The van der Waals surface area contributed by atoms with Gasteiger partial charge in [-0.3, -0.25) is 19.8 Å². The van der Waals surface area contributed by atoms with Gasteiger partial charge in [-0.1, -0.05) is 6.92 Å². The van der Waals surface area contributed by atoms with Crippen LogP contribution in [0.3, 0.4) is 0 Å². The van der Waals surface area contributed by atoms with Crippen molar-refractivity contribution < 1.29 is 14.5 Å². The highest BCUT2D eigenvalue weighted by Gasteiger charge is 2.31. The van der Waals surface area contributed by atoms with Gasteiger partial charge < -0.3 is 9.64 Å². The molecule has 0 aliphatic carbocycles. The van der Waals surface area contributed by atoms with E-state index in [9.17, 15) is 14.9 Å². The summed E-state index contributed by atoms with van der Waals surface area (Å²) in [6, 6.07) is 0. The number of carbonyl (C=O) groups excluding carboxylic acids is 1. The first-order chi connectivity index (χ1) is 10.5. The minimum absolute atomic E-state index is 0.0893. The number of hydrogen-bond donors (Lipinski definition) is 0. The maximum atomic E-state index is 11.4. The molecule has 0 radical (unpaired) electrons. The number of methoxy groups -OCH3 is 1. The number of aromatic nitrogens is 2. The van der Waals surface area contributed by atoms with Crippen LogP contribution < -0.4 is 4.90 Å². The van der Waals surface area contributed by atoms with Crippen LogP contribution in [0.4, 0.5) is 11.5 Å². The number of nitro groups is 1. The van der Waals surface area contributed by atoms with E-state index < -0.39 is 0 Å². The Morgan fingerprint density at radius 3 is 2.50 bits per heavy atom. The Balaban J connectivity index is 2.13. The van der Waals surface area contributed by atoms with Crippen LogP contribution in [-0.4, -0.2) is 65.4 Å². The Kier molecular flexibility index (Phi) is 4.96. The monoisotopic (exact) mass is 311 g/mol. The normalized spacial score (nSPS) is 15.9. The summed E-state index contributed by atoms with van der Waals surface area (Å²) >= 11 is 0. The van der Waals surface area contributed by atoms with E-state index in [1.54, 1.807) is 11.7 Å². The quantitative estimate of drug-likeness (QED) is 0.435. The summed E-state index contributed by atoms with van der Waals surface area (Å²) in [5, 5.41) is 15.6. The summed E-state index contributed by atoms with van der Waals surface area (Å²) in [5.74, 6) is 0.271. The van der Waals surface area contributed by atoms with Gasteiger partial charge >= 0.3 is 11.7 Å². The van der Waals surface area contributed by atoms with E-state index in [0.29, 0.717) is 44.1 Å². The van der Waals surface area contributed by atoms with Crippen molar-refractivity contribution in [3.05, 3.63) is 15.8 Å². The zero-order chi connectivity index (χ0) is 16.3. The van der Waals surface area contributed by atoms with Gasteiger partial charge in [0.15, 0.2) is 0 Å². The summed E-state index contributed by atoms with van der Waals surface area (Å²) in [6.07, 6.45) is 0.520. The van der Waals surface area contributed by atoms with Crippen molar-refractivity contribution in [3.8, 4) is 0 Å². The molecule has 9 heteroatoms. The summed E-state index contributed by atoms with van der Waals surface area (Å²) < 4.78 is 6.23. The largest absolute Gasteiger partial charge is 0.468 e. The smallest absolute Gasteiger partial charge is 0.334 e. The second-order valence-electron chi connectivity index (χ2n) is 5.19. The van der Waals surface area contributed by atoms with Crippen LogP contribution in [0.5, 0.6) is 0 Å². The number of esters is 1. The molecule has 1 aromatic rings. The van der Waals surface area contributed by atoms with Gasteiger partial charge in [0.25, 0.3) is 0 Å². The number of nitrogens with zero attached hydrogens (tertiary/aromatic N) is 5. The highest BCUT2D eigenvalue weighted by molar-refractivity contribution is 5.71. The van der Waals surface area contributed by atoms with E-state index in [1.165, 1.54) is 7.11 Å². The molecule has 0 spiro atoms. The second kappa shape index (κ2) is 6.73. The average molecular weight is 311 g/mol. The fraction of sp³-hybridized carbons (Fsp3) is 0.692. The topological polar surface area (TPSA) is 93.7 Å². The molecule has 0 unspecified atom stereocenters. The number of aryl methyl sites for hydroxylation is 2. The van der Waals surface area contributed by atoms with Gasteiger partial charge in [0.1, 0.15) is 5.69 Å².